The minimum Gasteiger partial charge on any atom is -0.481 e. The van der Waals surface area contributed by atoms with Crippen LogP contribution in [-0.4, -0.2) is 96.5 Å². The zero-order valence-corrected chi connectivity index (χ0v) is 24.5. The van der Waals surface area contributed by atoms with E-state index in [1.807, 2.05) is 0 Å². The van der Waals surface area contributed by atoms with Gasteiger partial charge < -0.3 is 47.4 Å². The predicted molar refractivity (Wildman–Crippen MR) is 157 cm³/mol. The van der Waals surface area contributed by atoms with Crippen LogP contribution in [0.4, 0.5) is 9.59 Å². The third-order valence-electron chi connectivity index (χ3n) is 5.55. The van der Waals surface area contributed by atoms with Crippen LogP contribution in [0.3, 0.4) is 0 Å². The number of hydrogen-bond acceptors (Lipinski definition) is 8. The molecular weight excluding hydrogens is 586 g/mol. The second-order valence-electron chi connectivity index (χ2n) is 9.18. The Balaban J connectivity index is 2.26. The summed E-state index contributed by atoms with van der Waals surface area (Å²) in [5.74, 6) is -3.87. The van der Waals surface area contributed by atoms with Gasteiger partial charge in [0.1, 0.15) is 12.6 Å². The van der Waals surface area contributed by atoms with Gasteiger partial charge >= 0.3 is 24.0 Å². The first kappa shape index (κ1) is 36.5. The standard InChI is InChI=1S/C26H39N7O9S/c34-20(30-15-21(35)33-19(13-22(36)37)24(40)27-10-11-43)12-17-4-6-18(7-5-17)14-31-25(41)28-8-2-1-3-9-29-26(42)32-16-23(38)39/h4-7,19,43H,1-3,8-16H2,(H,27,40)(H,30,34)(H,33,35)(H,36,37)(H,38,39)(H2,28,31,41)(H2,29,32,42). The molecular formula is C26H39N7O9S. The minimum absolute atomic E-state index is 0.0228. The first-order valence-electron chi connectivity index (χ1n) is 13.5. The van der Waals surface area contributed by atoms with Crippen LogP contribution in [0.15, 0.2) is 24.3 Å². The van der Waals surface area contributed by atoms with Crippen molar-refractivity contribution in [3.63, 3.8) is 0 Å². The summed E-state index contributed by atoms with van der Waals surface area (Å²) in [6, 6.07) is 4.72. The van der Waals surface area contributed by atoms with E-state index in [-0.39, 0.29) is 25.5 Å². The summed E-state index contributed by atoms with van der Waals surface area (Å²) in [6.45, 7) is 0.400. The van der Waals surface area contributed by atoms with Crippen LogP contribution in [-0.2, 0) is 36.9 Å². The first-order valence-corrected chi connectivity index (χ1v) is 14.1. The van der Waals surface area contributed by atoms with E-state index in [2.05, 4.69) is 49.8 Å². The SMILES string of the molecule is O=C(O)CNC(=O)NCCCCCNC(=O)NCc1ccc(CC(=O)NCC(=O)NC(CC(=O)O)C(=O)NCCS)cc1. The van der Waals surface area contributed by atoms with Gasteiger partial charge in [-0.25, -0.2) is 9.59 Å². The second kappa shape index (κ2) is 21.2. The number of unbranched alkanes of at least 4 members (excludes halogenated alkanes) is 2. The third kappa shape index (κ3) is 18.5. The van der Waals surface area contributed by atoms with E-state index in [1.165, 1.54) is 0 Å². The van der Waals surface area contributed by atoms with Gasteiger partial charge in [0.25, 0.3) is 0 Å². The van der Waals surface area contributed by atoms with Gasteiger partial charge in [0, 0.05) is 31.9 Å². The molecule has 0 spiro atoms. The first-order chi connectivity index (χ1) is 20.5. The average molecular weight is 626 g/mol. The van der Waals surface area contributed by atoms with E-state index >= 15 is 0 Å². The van der Waals surface area contributed by atoms with Crippen molar-refractivity contribution < 1.29 is 43.8 Å². The Bertz CT molecular complexity index is 1100. The van der Waals surface area contributed by atoms with Crippen LogP contribution in [0, 0.1) is 0 Å². The minimum atomic E-state index is -1.28. The zero-order valence-electron chi connectivity index (χ0n) is 23.6. The maximum atomic E-state index is 12.2. The number of aliphatic carboxylic acids is 2. The number of amides is 7. The number of benzene rings is 1. The smallest absolute Gasteiger partial charge is 0.323 e. The highest BCUT2D eigenvalue weighted by Gasteiger charge is 2.23. The summed E-state index contributed by atoms with van der Waals surface area (Å²) in [7, 11) is 0. The van der Waals surface area contributed by atoms with Crippen LogP contribution < -0.4 is 37.2 Å². The van der Waals surface area contributed by atoms with Crippen molar-refractivity contribution in [2.45, 2.75) is 44.7 Å². The van der Waals surface area contributed by atoms with Gasteiger partial charge in [-0.1, -0.05) is 24.3 Å². The van der Waals surface area contributed by atoms with E-state index in [0.717, 1.165) is 12.0 Å². The lowest BCUT2D eigenvalue weighted by Gasteiger charge is -2.16. The Kier molecular flexibility index (Phi) is 18.0. The van der Waals surface area contributed by atoms with Crippen LogP contribution in [0.5, 0.6) is 0 Å². The molecule has 1 aromatic rings. The number of rotatable bonds is 20. The number of carboxylic acids is 2. The quantitative estimate of drug-likeness (QED) is 0.0611. The summed E-state index contributed by atoms with van der Waals surface area (Å²) < 4.78 is 0. The van der Waals surface area contributed by atoms with Crippen LogP contribution >= 0.6 is 12.6 Å². The Morgan fingerprint density at radius 1 is 0.651 bits per heavy atom. The van der Waals surface area contributed by atoms with Crippen molar-refractivity contribution in [1.29, 1.82) is 0 Å². The molecule has 1 rings (SSSR count). The van der Waals surface area contributed by atoms with Crippen molar-refractivity contribution in [2.24, 2.45) is 0 Å². The molecule has 7 amide bonds. The Labute approximate surface area is 253 Å². The molecule has 0 heterocycles. The summed E-state index contributed by atoms with van der Waals surface area (Å²) in [6.07, 6.45) is 1.48. The van der Waals surface area contributed by atoms with Crippen molar-refractivity contribution >= 4 is 54.4 Å². The Morgan fingerprint density at radius 2 is 1.26 bits per heavy atom. The molecule has 1 atom stereocenters. The molecule has 0 saturated heterocycles. The molecule has 0 aliphatic heterocycles. The summed E-state index contributed by atoms with van der Waals surface area (Å²) in [5.41, 5.74) is 1.46. The van der Waals surface area contributed by atoms with Crippen molar-refractivity contribution in [1.82, 2.24) is 37.2 Å². The number of carbonyl (C=O) groups is 7. The molecule has 43 heavy (non-hydrogen) atoms. The van der Waals surface area contributed by atoms with Crippen molar-refractivity contribution in [3.8, 4) is 0 Å². The molecule has 0 radical (unpaired) electrons. The molecule has 0 aliphatic rings. The number of thiol groups is 1. The fourth-order valence-electron chi connectivity index (χ4n) is 3.43. The Morgan fingerprint density at radius 3 is 1.84 bits per heavy atom. The fraction of sp³-hybridized carbons (Fsp3) is 0.500. The number of nitrogens with one attached hydrogen (secondary N) is 7. The van der Waals surface area contributed by atoms with Gasteiger partial charge in [0.05, 0.1) is 19.4 Å². The second-order valence-corrected chi connectivity index (χ2v) is 9.62. The van der Waals surface area contributed by atoms with Gasteiger partial charge in [-0.3, -0.25) is 24.0 Å². The van der Waals surface area contributed by atoms with E-state index < -0.39 is 61.2 Å². The van der Waals surface area contributed by atoms with Crippen molar-refractivity contribution in [3.05, 3.63) is 35.4 Å². The summed E-state index contributed by atoms with van der Waals surface area (Å²) in [4.78, 5) is 81.1. The lowest BCUT2D eigenvalue weighted by molar-refractivity contribution is -0.140. The van der Waals surface area contributed by atoms with Gasteiger partial charge in [-0.05, 0) is 30.4 Å². The highest BCUT2D eigenvalue weighted by atomic mass is 32.1. The predicted octanol–water partition coefficient (Wildman–Crippen LogP) is -1.30. The average Bonchev–Trinajstić information content (AvgIpc) is 2.96. The molecule has 9 N–H and O–H groups in total. The molecule has 17 heteroatoms. The van der Waals surface area contributed by atoms with Crippen molar-refractivity contribution in [2.75, 3.05) is 38.5 Å². The highest BCUT2D eigenvalue weighted by Crippen LogP contribution is 2.05. The summed E-state index contributed by atoms with van der Waals surface area (Å²) >= 11 is 3.95. The van der Waals surface area contributed by atoms with E-state index in [0.29, 0.717) is 37.2 Å². The monoisotopic (exact) mass is 625 g/mol. The van der Waals surface area contributed by atoms with E-state index in [9.17, 15) is 33.6 Å². The molecule has 1 unspecified atom stereocenters. The lowest BCUT2D eigenvalue weighted by Crippen LogP contribution is -2.50. The molecule has 0 aliphatic carbocycles. The zero-order chi connectivity index (χ0) is 32.0. The number of carboxylic acid groups (broad SMARTS) is 2. The Hall–Kier alpha value is -4.54. The number of hydrogen-bond donors (Lipinski definition) is 10. The van der Waals surface area contributed by atoms with Gasteiger partial charge in [0.15, 0.2) is 0 Å². The lowest BCUT2D eigenvalue weighted by atomic mass is 10.1. The normalized spacial score (nSPS) is 10.9. The molecule has 0 saturated carbocycles. The van der Waals surface area contributed by atoms with Crippen LogP contribution in [0.2, 0.25) is 0 Å². The fourth-order valence-corrected chi connectivity index (χ4v) is 3.54. The van der Waals surface area contributed by atoms with Gasteiger partial charge in [0.2, 0.25) is 17.7 Å². The summed E-state index contributed by atoms with van der Waals surface area (Å²) in [5, 5.41) is 34.8. The molecule has 0 fully saturated rings. The van der Waals surface area contributed by atoms with Crippen LogP contribution in [0.25, 0.3) is 0 Å². The van der Waals surface area contributed by atoms with Gasteiger partial charge in [-0.2, -0.15) is 12.6 Å². The molecule has 238 valence electrons. The van der Waals surface area contributed by atoms with Gasteiger partial charge in [-0.15, -0.1) is 0 Å². The molecule has 16 nitrogen and oxygen atoms in total. The highest BCUT2D eigenvalue weighted by molar-refractivity contribution is 7.80. The largest absolute Gasteiger partial charge is 0.481 e. The maximum absolute atomic E-state index is 12.2. The number of urea groups is 2. The van der Waals surface area contributed by atoms with Crippen LogP contribution in [0.1, 0.15) is 36.8 Å². The molecule has 0 aromatic heterocycles. The van der Waals surface area contributed by atoms with E-state index in [4.69, 9.17) is 10.2 Å². The molecule has 0 bridgehead atoms. The molecule has 1 aromatic carbocycles. The third-order valence-corrected chi connectivity index (χ3v) is 5.78. The van der Waals surface area contributed by atoms with E-state index in [1.54, 1.807) is 24.3 Å². The topological polar surface area (TPSA) is 244 Å². The number of carbonyl (C=O) groups excluding carboxylic acids is 5. The maximum Gasteiger partial charge on any atom is 0.323 e.